The van der Waals surface area contributed by atoms with Crippen molar-refractivity contribution in [1.82, 2.24) is 15.3 Å². The minimum atomic E-state index is -0.464. The van der Waals surface area contributed by atoms with Gasteiger partial charge in [-0.2, -0.15) is 0 Å². The summed E-state index contributed by atoms with van der Waals surface area (Å²) in [6, 6.07) is 2.55. The molecule has 21 heavy (non-hydrogen) atoms. The first-order valence-electron chi connectivity index (χ1n) is 7.27. The van der Waals surface area contributed by atoms with Gasteiger partial charge in [-0.25, -0.2) is 14.4 Å². The lowest BCUT2D eigenvalue weighted by Gasteiger charge is -2.25. The highest BCUT2D eigenvalue weighted by Gasteiger charge is 2.20. The van der Waals surface area contributed by atoms with Crippen LogP contribution < -0.4 is 5.32 Å². The Balaban J connectivity index is 1.95. The molecule has 0 spiro atoms. The Morgan fingerprint density at radius 2 is 2.00 bits per heavy atom. The Hall–Kier alpha value is -2.04. The van der Waals surface area contributed by atoms with Crippen LogP contribution in [0.15, 0.2) is 12.1 Å². The summed E-state index contributed by atoms with van der Waals surface area (Å²) < 4.78 is 13.7. The van der Waals surface area contributed by atoms with Gasteiger partial charge >= 0.3 is 0 Å². The number of hydrogen-bond acceptors (Lipinski definition) is 3. The van der Waals surface area contributed by atoms with Gasteiger partial charge in [0.2, 0.25) is 0 Å². The maximum absolute atomic E-state index is 13.7. The monoisotopic (exact) mass is 287 g/mol. The van der Waals surface area contributed by atoms with Crippen molar-refractivity contribution in [3.8, 4) is 0 Å². The molecule has 1 aliphatic carbocycles. The lowest BCUT2D eigenvalue weighted by atomic mass is 9.85. The molecule has 1 heterocycles. The third kappa shape index (κ3) is 2.73. The summed E-state index contributed by atoms with van der Waals surface area (Å²) >= 11 is 0. The number of hydrogen-bond donors (Lipinski definition) is 1. The topological polar surface area (TPSA) is 54.9 Å². The molecule has 1 saturated carbocycles. The first kappa shape index (κ1) is 13.9. The summed E-state index contributed by atoms with van der Waals surface area (Å²) in [6.45, 7) is 4.30. The third-order valence-electron chi connectivity index (χ3n) is 4.17. The molecular formula is C16H18FN3O. The number of rotatable bonds is 3. The van der Waals surface area contributed by atoms with Crippen molar-refractivity contribution in [3.63, 3.8) is 0 Å². The van der Waals surface area contributed by atoms with Crippen LogP contribution in [0.4, 0.5) is 4.39 Å². The van der Waals surface area contributed by atoms with E-state index in [2.05, 4.69) is 15.3 Å². The van der Waals surface area contributed by atoms with E-state index in [1.807, 2.05) is 13.8 Å². The standard InChI is InChI=1S/C16H18FN3O/c1-9-10(2)20-15-13(6-12(17)7-14(15)19-9)16(21)18-8-11-4-3-5-11/h6-7,11H,3-5,8H2,1-2H3,(H,18,21). The van der Waals surface area contributed by atoms with Crippen LogP contribution in [0.5, 0.6) is 0 Å². The Morgan fingerprint density at radius 3 is 2.67 bits per heavy atom. The number of benzene rings is 1. The van der Waals surface area contributed by atoms with Crippen molar-refractivity contribution in [2.45, 2.75) is 33.1 Å². The van der Waals surface area contributed by atoms with Crippen molar-refractivity contribution in [3.05, 3.63) is 34.9 Å². The molecule has 5 heteroatoms. The molecule has 1 amide bonds. The predicted molar refractivity (Wildman–Crippen MR) is 78.6 cm³/mol. The largest absolute Gasteiger partial charge is 0.352 e. The highest BCUT2D eigenvalue weighted by Crippen LogP contribution is 2.25. The van der Waals surface area contributed by atoms with Crippen LogP contribution in [-0.4, -0.2) is 22.4 Å². The summed E-state index contributed by atoms with van der Waals surface area (Å²) in [5.74, 6) is -0.179. The minimum Gasteiger partial charge on any atom is -0.352 e. The second-order valence-corrected chi connectivity index (χ2v) is 5.72. The average Bonchev–Trinajstić information content (AvgIpc) is 2.38. The smallest absolute Gasteiger partial charge is 0.253 e. The van der Waals surface area contributed by atoms with E-state index in [1.54, 1.807) is 0 Å². The zero-order valence-corrected chi connectivity index (χ0v) is 12.2. The number of fused-ring (bicyclic) bond motifs is 1. The normalized spacial score (nSPS) is 15.0. The van der Waals surface area contributed by atoms with Crippen molar-refractivity contribution in [2.24, 2.45) is 5.92 Å². The van der Waals surface area contributed by atoms with Crippen LogP contribution in [0.1, 0.15) is 41.0 Å². The number of aryl methyl sites for hydroxylation is 2. The summed E-state index contributed by atoms with van der Waals surface area (Å²) in [5.41, 5.74) is 2.65. The maximum atomic E-state index is 13.7. The predicted octanol–water partition coefficient (Wildman–Crippen LogP) is 2.92. The van der Waals surface area contributed by atoms with Gasteiger partial charge in [-0.1, -0.05) is 6.42 Å². The zero-order chi connectivity index (χ0) is 15.0. The zero-order valence-electron chi connectivity index (χ0n) is 12.2. The fourth-order valence-electron chi connectivity index (χ4n) is 2.50. The van der Waals surface area contributed by atoms with E-state index in [0.29, 0.717) is 23.5 Å². The van der Waals surface area contributed by atoms with Gasteiger partial charge in [0.1, 0.15) is 11.3 Å². The molecule has 1 fully saturated rings. The van der Waals surface area contributed by atoms with Crippen LogP contribution in [0, 0.1) is 25.6 Å². The van der Waals surface area contributed by atoms with Crippen molar-refractivity contribution in [2.75, 3.05) is 6.54 Å². The summed E-state index contributed by atoms with van der Waals surface area (Å²) in [5, 5.41) is 2.88. The lowest BCUT2D eigenvalue weighted by Crippen LogP contribution is -2.32. The lowest BCUT2D eigenvalue weighted by molar-refractivity contribution is 0.0940. The van der Waals surface area contributed by atoms with E-state index >= 15 is 0 Å². The minimum absolute atomic E-state index is 0.264. The number of amides is 1. The highest BCUT2D eigenvalue weighted by molar-refractivity contribution is 6.04. The van der Waals surface area contributed by atoms with Crippen LogP contribution in [0.3, 0.4) is 0 Å². The number of nitrogens with one attached hydrogen (secondary N) is 1. The fourth-order valence-corrected chi connectivity index (χ4v) is 2.50. The molecule has 110 valence electrons. The molecule has 1 aromatic carbocycles. The molecule has 1 aromatic heterocycles. The molecule has 1 N–H and O–H groups in total. The fraction of sp³-hybridized carbons (Fsp3) is 0.438. The second-order valence-electron chi connectivity index (χ2n) is 5.72. The number of carbonyl (C=O) groups excluding carboxylic acids is 1. The van der Waals surface area contributed by atoms with E-state index in [-0.39, 0.29) is 11.5 Å². The quantitative estimate of drug-likeness (QED) is 0.944. The van der Waals surface area contributed by atoms with Crippen LogP contribution in [-0.2, 0) is 0 Å². The Morgan fingerprint density at radius 1 is 1.29 bits per heavy atom. The number of aromatic nitrogens is 2. The first-order valence-corrected chi connectivity index (χ1v) is 7.27. The molecule has 3 rings (SSSR count). The summed E-state index contributed by atoms with van der Waals surface area (Å²) in [4.78, 5) is 21.0. The highest BCUT2D eigenvalue weighted by atomic mass is 19.1. The Labute approximate surface area is 122 Å². The maximum Gasteiger partial charge on any atom is 0.253 e. The first-order chi connectivity index (χ1) is 10.0. The SMILES string of the molecule is Cc1nc2cc(F)cc(C(=O)NCC3CCC3)c2nc1C. The summed E-state index contributed by atoms with van der Waals surface area (Å²) in [6.07, 6.45) is 3.54. The van der Waals surface area contributed by atoms with E-state index in [9.17, 15) is 9.18 Å². The van der Waals surface area contributed by atoms with E-state index in [1.165, 1.54) is 18.6 Å². The van der Waals surface area contributed by atoms with Gasteiger partial charge in [-0.3, -0.25) is 4.79 Å². The number of halogens is 1. The molecule has 0 aliphatic heterocycles. The van der Waals surface area contributed by atoms with Crippen molar-refractivity contribution < 1.29 is 9.18 Å². The number of carbonyl (C=O) groups is 1. The van der Waals surface area contributed by atoms with Gasteiger partial charge < -0.3 is 5.32 Å². The molecular weight excluding hydrogens is 269 g/mol. The molecule has 1 aliphatic rings. The molecule has 0 saturated heterocycles. The summed E-state index contributed by atoms with van der Waals surface area (Å²) in [7, 11) is 0. The Kier molecular flexibility index (Phi) is 3.57. The van der Waals surface area contributed by atoms with E-state index in [4.69, 9.17) is 0 Å². The molecule has 0 unspecified atom stereocenters. The van der Waals surface area contributed by atoms with Gasteiger partial charge in [0, 0.05) is 12.6 Å². The van der Waals surface area contributed by atoms with Gasteiger partial charge in [-0.15, -0.1) is 0 Å². The molecule has 0 bridgehead atoms. The van der Waals surface area contributed by atoms with Crippen LogP contribution >= 0.6 is 0 Å². The van der Waals surface area contributed by atoms with Gasteiger partial charge in [0.05, 0.1) is 22.5 Å². The van der Waals surface area contributed by atoms with Crippen LogP contribution in [0.2, 0.25) is 0 Å². The van der Waals surface area contributed by atoms with E-state index < -0.39 is 5.82 Å². The molecule has 2 aromatic rings. The molecule has 0 radical (unpaired) electrons. The molecule has 0 atom stereocenters. The second kappa shape index (κ2) is 5.39. The van der Waals surface area contributed by atoms with Crippen LogP contribution in [0.25, 0.3) is 11.0 Å². The third-order valence-corrected chi connectivity index (χ3v) is 4.17. The average molecular weight is 287 g/mol. The van der Waals surface area contributed by atoms with Crippen molar-refractivity contribution in [1.29, 1.82) is 0 Å². The van der Waals surface area contributed by atoms with Gasteiger partial charge in [0.25, 0.3) is 5.91 Å². The van der Waals surface area contributed by atoms with E-state index in [0.717, 1.165) is 24.2 Å². The van der Waals surface area contributed by atoms with Crippen molar-refractivity contribution >= 4 is 16.9 Å². The van der Waals surface area contributed by atoms with Gasteiger partial charge in [-0.05, 0) is 38.7 Å². The Bertz CT molecular complexity index is 710. The number of nitrogens with zero attached hydrogens (tertiary/aromatic N) is 2. The van der Waals surface area contributed by atoms with Gasteiger partial charge in [0.15, 0.2) is 0 Å². The molecule has 4 nitrogen and oxygen atoms in total.